The molecule has 0 saturated heterocycles. The number of ether oxygens (including phenoxy) is 1. The predicted molar refractivity (Wildman–Crippen MR) is 97.3 cm³/mol. The Morgan fingerprint density at radius 3 is 2.46 bits per heavy atom. The van der Waals surface area contributed by atoms with Gasteiger partial charge in [0, 0.05) is 17.0 Å². The van der Waals surface area contributed by atoms with E-state index in [1.165, 1.54) is 0 Å². The first-order chi connectivity index (χ1) is 11.5. The summed E-state index contributed by atoms with van der Waals surface area (Å²) in [5.74, 6) is 2.34. The summed E-state index contributed by atoms with van der Waals surface area (Å²) < 4.78 is 5.23. The van der Waals surface area contributed by atoms with E-state index < -0.39 is 0 Å². The Bertz CT molecular complexity index is 827. The zero-order valence-electron chi connectivity index (χ0n) is 14.2. The molecule has 0 unspecified atom stereocenters. The number of rotatable bonds is 5. The molecular weight excluding hydrogens is 320 g/mol. The molecule has 0 spiro atoms. The van der Waals surface area contributed by atoms with Crippen LogP contribution in [0.1, 0.15) is 30.9 Å². The van der Waals surface area contributed by atoms with Crippen LogP contribution in [0.15, 0.2) is 41.9 Å². The number of thiazole rings is 1. The molecule has 0 aliphatic rings. The Morgan fingerprint density at radius 2 is 1.83 bits per heavy atom. The molecule has 0 bridgehead atoms. The molecule has 2 heterocycles. The molecule has 3 rings (SSSR count). The highest BCUT2D eigenvalue weighted by Gasteiger charge is 2.26. The van der Waals surface area contributed by atoms with Crippen LogP contribution in [0.4, 0.5) is 10.9 Å². The van der Waals surface area contributed by atoms with Gasteiger partial charge in [-0.3, -0.25) is 0 Å². The van der Waals surface area contributed by atoms with Gasteiger partial charge in [0.15, 0.2) is 5.13 Å². The molecule has 6 heteroatoms. The van der Waals surface area contributed by atoms with Gasteiger partial charge in [-0.2, -0.15) is 0 Å². The van der Waals surface area contributed by atoms with Crippen LogP contribution in [0.5, 0.6) is 5.75 Å². The van der Waals surface area contributed by atoms with Gasteiger partial charge in [-0.25, -0.2) is 15.0 Å². The number of hydrogen-bond acceptors (Lipinski definition) is 6. The number of nitrogens with one attached hydrogen (secondary N) is 1. The van der Waals surface area contributed by atoms with Crippen LogP contribution in [0.2, 0.25) is 0 Å². The average molecular weight is 340 g/mol. The minimum Gasteiger partial charge on any atom is -0.497 e. The quantitative estimate of drug-likeness (QED) is 0.749. The average Bonchev–Trinajstić information content (AvgIpc) is 3.00. The SMILES string of the molecule is COc1ccc(C(C)(C)c2nccc(Nc3nc(C)cs3)n2)cc1. The van der Waals surface area contributed by atoms with Crippen molar-refractivity contribution in [1.29, 1.82) is 0 Å². The monoisotopic (exact) mass is 340 g/mol. The van der Waals surface area contributed by atoms with E-state index in [9.17, 15) is 0 Å². The van der Waals surface area contributed by atoms with Crippen molar-refractivity contribution in [3.05, 3.63) is 59.0 Å². The van der Waals surface area contributed by atoms with Crippen molar-refractivity contribution in [2.45, 2.75) is 26.2 Å². The fraction of sp³-hybridized carbons (Fsp3) is 0.278. The van der Waals surface area contributed by atoms with Gasteiger partial charge in [-0.1, -0.05) is 12.1 Å². The van der Waals surface area contributed by atoms with E-state index in [0.29, 0.717) is 0 Å². The first-order valence-corrected chi connectivity index (χ1v) is 8.54. The number of nitrogens with zero attached hydrogens (tertiary/aromatic N) is 3. The number of hydrogen-bond donors (Lipinski definition) is 1. The third-order valence-electron chi connectivity index (χ3n) is 3.88. The van der Waals surface area contributed by atoms with E-state index >= 15 is 0 Å². The highest BCUT2D eigenvalue weighted by atomic mass is 32.1. The fourth-order valence-corrected chi connectivity index (χ4v) is 3.08. The van der Waals surface area contributed by atoms with Crippen molar-refractivity contribution >= 4 is 22.3 Å². The topological polar surface area (TPSA) is 59.9 Å². The Labute approximate surface area is 145 Å². The van der Waals surface area contributed by atoms with Crippen LogP contribution in [-0.4, -0.2) is 22.1 Å². The lowest BCUT2D eigenvalue weighted by molar-refractivity contribution is 0.414. The summed E-state index contributed by atoms with van der Waals surface area (Å²) in [4.78, 5) is 13.6. The Kier molecular flexibility index (Phi) is 4.49. The maximum atomic E-state index is 5.23. The fourth-order valence-electron chi connectivity index (χ4n) is 2.39. The van der Waals surface area contributed by atoms with Crippen LogP contribution in [0.25, 0.3) is 0 Å². The lowest BCUT2D eigenvalue weighted by Gasteiger charge is -2.24. The maximum Gasteiger partial charge on any atom is 0.188 e. The summed E-state index contributed by atoms with van der Waals surface area (Å²) in [6.07, 6.45) is 1.77. The van der Waals surface area contributed by atoms with Crippen molar-refractivity contribution in [1.82, 2.24) is 15.0 Å². The Morgan fingerprint density at radius 1 is 1.08 bits per heavy atom. The summed E-state index contributed by atoms with van der Waals surface area (Å²) in [6, 6.07) is 9.86. The van der Waals surface area contributed by atoms with E-state index in [2.05, 4.69) is 34.1 Å². The second-order valence-electron chi connectivity index (χ2n) is 6.04. The van der Waals surface area contributed by atoms with Crippen molar-refractivity contribution < 1.29 is 4.74 Å². The zero-order chi connectivity index (χ0) is 17.2. The Balaban J connectivity index is 1.88. The molecule has 124 valence electrons. The van der Waals surface area contributed by atoms with Gasteiger partial charge >= 0.3 is 0 Å². The third kappa shape index (κ3) is 3.38. The molecule has 0 saturated carbocycles. The van der Waals surface area contributed by atoms with E-state index in [-0.39, 0.29) is 5.41 Å². The number of aryl methyl sites for hydroxylation is 1. The minimum absolute atomic E-state index is 0.317. The molecule has 1 aromatic carbocycles. The van der Waals surface area contributed by atoms with Crippen molar-refractivity contribution in [3.8, 4) is 5.75 Å². The molecule has 0 radical (unpaired) electrons. The lowest BCUT2D eigenvalue weighted by atomic mass is 9.83. The molecule has 24 heavy (non-hydrogen) atoms. The molecule has 0 amide bonds. The van der Waals surface area contributed by atoms with Crippen LogP contribution >= 0.6 is 11.3 Å². The second kappa shape index (κ2) is 6.57. The van der Waals surface area contributed by atoms with Gasteiger partial charge < -0.3 is 10.1 Å². The molecule has 1 N–H and O–H groups in total. The molecule has 0 aliphatic heterocycles. The van der Waals surface area contributed by atoms with E-state index in [4.69, 9.17) is 4.74 Å². The number of anilines is 2. The zero-order valence-corrected chi connectivity index (χ0v) is 15.0. The number of aromatic nitrogens is 3. The van der Waals surface area contributed by atoms with Crippen LogP contribution in [0.3, 0.4) is 0 Å². The minimum atomic E-state index is -0.317. The van der Waals surface area contributed by atoms with Gasteiger partial charge in [0.25, 0.3) is 0 Å². The molecule has 0 fully saturated rings. The first kappa shape index (κ1) is 16.4. The van der Waals surface area contributed by atoms with Gasteiger partial charge in [0.05, 0.1) is 12.8 Å². The third-order valence-corrected chi connectivity index (χ3v) is 4.76. The van der Waals surface area contributed by atoms with Crippen molar-refractivity contribution in [3.63, 3.8) is 0 Å². The van der Waals surface area contributed by atoms with E-state index in [0.717, 1.165) is 33.8 Å². The highest BCUT2D eigenvalue weighted by molar-refractivity contribution is 7.13. The largest absolute Gasteiger partial charge is 0.497 e. The van der Waals surface area contributed by atoms with Gasteiger partial charge in [-0.05, 0) is 44.5 Å². The first-order valence-electron chi connectivity index (χ1n) is 7.66. The summed E-state index contributed by atoms with van der Waals surface area (Å²) in [6.45, 7) is 6.20. The van der Waals surface area contributed by atoms with E-state index in [1.54, 1.807) is 24.6 Å². The van der Waals surface area contributed by atoms with Crippen molar-refractivity contribution in [2.75, 3.05) is 12.4 Å². The summed E-state index contributed by atoms with van der Waals surface area (Å²) >= 11 is 1.56. The molecular formula is C18H20N4OS. The van der Waals surface area contributed by atoms with E-state index in [1.807, 2.05) is 42.6 Å². The van der Waals surface area contributed by atoms with Crippen molar-refractivity contribution in [2.24, 2.45) is 0 Å². The van der Waals surface area contributed by atoms with Gasteiger partial charge in [-0.15, -0.1) is 11.3 Å². The smallest absolute Gasteiger partial charge is 0.188 e. The van der Waals surface area contributed by atoms with Gasteiger partial charge in [0.1, 0.15) is 17.4 Å². The predicted octanol–water partition coefficient (Wildman–Crippen LogP) is 4.32. The summed E-state index contributed by atoms with van der Waals surface area (Å²) in [7, 11) is 1.67. The van der Waals surface area contributed by atoms with Crippen LogP contribution in [0, 0.1) is 6.92 Å². The second-order valence-corrected chi connectivity index (χ2v) is 6.90. The molecule has 2 aromatic heterocycles. The molecule has 0 atom stereocenters. The standard InChI is InChI=1S/C18H20N4OS/c1-12-11-24-17(20-12)22-15-9-10-19-16(21-15)18(2,3)13-5-7-14(23-4)8-6-13/h5-11H,1-4H3,(H,19,20,21,22). The normalized spacial score (nSPS) is 11.3. The highest BCUT2D eigenvalue weighted by Crippen LogP contribution is 2.31. The number of methoxy groups -OCH3 is 1. The lowest BCUT2D eigenvalue weighted by Crippen LogP contribution is -2.22. The maximum absolute atomic E-state index is 5.23. The molecule has 5 nitrogen and oxygen atoms in total. The molecule has 3 aromatic rings. The van der Waals surface area contributed by atoms with Gasteiger partial charge in [0.2, 0.25) is 0 Å². The molecule has 0 aliphatic carbocycles. The van der Waals surface area contributed by atoms with Crippen LogP contribution in [-0.2, 0) is 5.41 Å². The summed E-state index contributed by atoms with van der Waals surface area (Å²) in [5.41, 5.74) is 1.81. The summed E-state index contributed by atoms with van der Waals surface area (Å²) in [5, 5.41) is 6.08. The number of benzene rings is 1. The van der Waals surface area contributed by atoms with Crippen LogP contribution < -0.4 is 10.1 Å². The Hall–Kier alpha value is -2.47.